The second-order valence-corrected chi connectivity index (χ2v) is 6.10. The first-order valence-electron chi connectivity index (χ1n) is 7.76. The summed E-state index contributed by atoms with van der Waals surface area (Å²) in [6.45, 7) is 8.49. The molecule has 2 aromatic carbocycles. The number of rotatable bonds is 4. The van der Waals surface area contributed by atoms with Gasteiger partial charge in [-0.05, 0) is 49.1 Å². The molecular formula is C19H22N2O. The molecule has 3 rings (SSSR count). The van der Waals surface area contributed by atoms with Gasteiger partial charge in [-0.15, -0.1) is 0 Å². The zero-order chi connectivity index (χ0) is 15.7. The fourth-order valence-corrected chi connectivity index (χ4v) is 2.63. The molecule has 0 saturated carbocycles. The summed E-state index contributed by atoms with van der Waals surface area (Å²) in [5, 5.41) is 0. The molecule has 1 aromatic heterocycles. The lowest BCUT2D eigenvalue weighted by atomic mass is 10.0. The minimum atomic E-state index is -0.119. The molecule has 3 heteroatoms. The van der Waals surface area contributed by atoms with Crippen LogP contribution in [0.2, 0.25) is 0 Å². The predicted octanol–water partition coefficient (Wildman–Crippen LogP) is 5.13. The van der Waals surface area contributed by atoms with Gasteiger partial charge >= 0.3 is 0 Å². The summed E-state index contributed by atoms with van der Waals surface area (Å²) in [6, 6.07) is 14.4. The van der Waals surface area contributed by atoms with E-state index in [-0.39, 0.29) is 6.10 Å². The number of ether oxygens (including phenoxy) is 1. The minimum absolute atomic E-state index is 0.119. The van der Waals surface area contributed by atoms with Crippen molar-refractivity contribution in [3.05, 3.63) is 59.4 Å². The number of H-pyrrole nitrogens is 1. The molecule has 1 N–H and O–H groups in total. The number of nitrogens with zero attached hydrogens (tertiary/aromatic N) is 1. The normalized spacial score (nSPS) is 12.8. The number of para-hydroxylation sites is 2. The first-order valence-corrected chi connectivity index (χ1v) is 7.76. The second-order valence-electron chi connectivity index (χ2n) is 6.10. The van der Waals surface area contributed by atoms with Crippen molar-refractivity contribution < 1.29 is 4.74 Å². The van der Waals surface area contributed by atoms with Crippen molar-refractivity contribution in [3.63, 3.8) is 0 Å². The molecule has 0 spiro atoms. The molecule has 0 radical (unpaired) electrons. The first-order chi connectivity index (χ1) is 10.5. The highest BCUT2D eigenvalue weighted by Gasteiger charge is 2.15. The molecular weight excluding hydrogens is 272 g/mol. The Morgan fingerprint density at radius 2 is 1.82 bits per heavy atom. The second kappa shape index (κ2) is 5.84. The van der Waals surface area contributed by atoms with Crippen molar-refractivity contribution in [3.8, 4) is 5.75 Å². The average Bonchev–Trinajstić information content (AvgIpc) is 2.91. The number of aryl methyl sites for hydroxylation is 1. The van der Waals surface area contributed by atoms with E-state index in [0.717, 1.165) is 22.6 Å². The van der Waals surface area contributed by atoms with Gasteiger partial charge < -0.3 is 9.72 Å². The van der Waals surface area contributed by atoms with Gasteiger partial charge in [-0.1, -0.05) is 38.1 Å². The van der Waals surface area contributed by atoms with E-state index in [1.165, 1.54) is 11.1 Å². The lowest BCUT2D eigenvalue weighted by molar-refractivity contribution is 0.215. The molecule has 0 fully saturated rings. The van der Waals surface area contributed by atoms with Gasteiger partial charge in [0.25, 0.3) is 0 Å². The largest absolute Gasteiger partial charge is 0.483 e. The Kier molecular flexibility index (Phi) is 3.88. The molecule has 0 aliphatic heterocycles. The third-order valence-electron chi connectivity index (χ3n) is 3.89. The Balaban J connectivity index is 1.90. The van der Waals surface area contributed by atoms with E-state index in [1.807, 2.05) is 31.2 Å². The Morgan fingerprint density at radius 1 is 1.05 bits per heavy atom. The van der Waals surface area contributed by atoms with Crippen molar-refractivity contribution in [1.82, 2.24) is 9.97 Å². The Hall–Kier alpha value is -2.29. The highest BCUT2D eigenvalue weighted by atomic mass is 16.5. The molecule has 1 unspecified atom stereocenters. The van der Waals surface area contributed by atoms with Gasteiger partial charge in [0.05, 0.1) is 11.0 Å². The molecule has 114 valence electrons. The topological polar surface area (TPSA) is 37.9 Å². The van der Waals surface area contributed by atoms with Crippen molar-refractivity contribution >= 4 is 11.0 Å². The molecule has 1 heterocycles. The lowest BCUT2D eigenvalue weighted by Gasteiger charge is -2.18. The van der Waals surface area contributed by atoms with E-state index in [9.17, 15) is 0 Å². The van der Waals surface area contributed by atoms with Crippen LogP contribution in [-0.2, 0) is 0 Å². The number of aromatic amines is 1. The van der Waals surface area contributed by atoms with Crippen molar-refractivity contribution in [2.75, 3.05) is 0 Å². The Bertz CT molecular complexity index is 756. The maximum atomic E-state index is 6.21. The van der Waals surface area contributed by atoms with E-state index in [4.69, 9.17) is 4.74 Å². The number of hydrogen-bond acceptors (Lipinski definition) is 2. The Morgan fingerprint density at radius 3 is 2.55 bits per heavy atom. The van der Waals surface area contributed by atoms with Crippen LogP contribution in [0.3, 0.4) is 0 Å². The fourth-order valence-electron chi connectivity index (χ4n) is 2.63. The number of nitrogens with one attached hydrogen (secondary N) is 1. The monoisotopic (exact) mass is 294 g/mol. The van der Waals surface area contributed by atoms with E-state index in [2.05, 4.69) is 48.9 Å². The standard InChI is InChI=1S/C19H22N2O/c1-12(2)15-10-9-13(3)11-18(15)22-14(4)19-20-16-7-5-6-8-17(16)21-19/h5-12,14H,1-4H3,(H,20,21). The van der Waals surface area contributed by atoms with Gasteiger partial charge in [0, 0.05) is 0 Å². The molecule has 0 bridgehead atoms. The summed E-state index contributed by atoms with van der Waals surface area (Å²) in [4.78, 5) is 7.97. The third kappa shape index (κ3) is 2.84. The highest BCUT2D eigenvalue weighted by Crippen LogP contribution is 2.31. The smallest absolute Gasteiger partial charge is 0.153 e. The predicted molar refractivity (Wildman–Crippen MR) is 90.4 cm³/mol. The summed E-state index contributed by atoms with van der Waals surface area (Å²) >= 11 is 0. The lowest BCUT2D eigenvalue weighted by Crippen LogP contribution is -2.07. The number of aromatic nitrogens is 2. The number of hydrogen-bond donors (Lipinski definition) is 1. The highest BCUT2D eigenvalue weighted by molar-refractivity contribution is 5.74. The van der Waals surface area contributed by atoms with E-state index < -0.39 is 0 Å². The van der Waals surface area contributed by atoms with Crippen molar-refractivity contribution in [2.45, 2.75) is 39.7 Å². The summed E-state index contributed by atoms with van der Waals surface area (Å²) in [5.41, 5.74) is 4.45. The van der Waals surface area contributed by atoms with Crippen LogP contribution >= 0.6 is 0 Å². The van der Waals surface area contributed by atoms with E-state index >= 15 is 0 Å². The number of fused-ring (bicyclic) bond motifs is 1. The SMILES string of the molecule is Cc1ccc(C(C)C)c(OC(C)c2nc3ccccc3[nH]2)c1. The van der Waals surface area contributed by atoms with Gasteiger partial charge in [-0.2, -0.15) is 0 Å². The van der Waals surface area contributed by atoms with Crippen LogP contribution in [0.25, 0.3) is 11.0 Å². The quantitative estimate of drug-likeness (QED) is 0.724. The van der Waals surface area contributed by atoms with E-state index in [1.54, 1.807) is 0 Å². The van der Waals surface area contributed by atoms with Gasteiger partial charge in [0.2, 0.25) is 0 Å². The summed E-state index contributed by atoms with van der Waals surface area (Å²) in [6.07, 6.45) is -0.119. The van der Waals surface area contributed by atoms with Crippen LogP contribution in [0.5, 0.6) is 5.75 Å². The van der Waals surface area contributed by atoms with E-state index in [0.29, 0.717) is 5.92 Å². The van der Waals surface area contributed by atoms with Gasteiger partial charge in [-0.3, -0.25) is 0 Å². The maximum absolute atomic E-state index is 6.21. The van der Waals surface area contributed by atoms with Crippen LogP contribution in [0.15, 0.2) is 42.5 Å². The zero-order valence-corrected chi connectivity index (χ0v) is 13.6. The molecule has 0 aliphatic carbocycles. The molecule has 1 atom stereocenters. The van der Waals surface area contributed by atoms with Crippen LogP contribution in [-0.4, -0.2) is 9.97 Å². The van der Waals surface area contributed by atoms with Gasteiger partial charge in [-0.25, -0.2) is 4.98 Å². The average molecular weight is 294 g/mol. The maximum Gasteiger partial charge on any atom is 0.153 e. The van der Waals surface area contributed by atoms with Crippen LogP contribution in [0.4, 0.5) is 0 Å². The van der Waals surface area contributed by atoms with Gasteiger partial charge in [0.15, 0.2) is 6.10 Å². The Labute approximate surface area is 131 Å². The first kappa shape index (κ1) is 14.6. The summed E-state index contributed by atoms with van der Waals surface area (Å²) in [5.74, 6) is 2.24. The molecule has 0 amide bonds. The number of imidazole rings is 1. The van der Waals surface area contributed by atoms with Gasteiger partial charge in [0.1, 0.15) is 11.6 Å². The number of benzene rings is 2. The third-order valence-corrected chi connectivity index (χ3v) is 3.89. The van der Waals surface area contributed by atoms with Crippen molar-refractivity contribution in [2.24, 2.45) is 0 Å². The van der Waals surface area contributed by atoms with Crippen LogP contribution < -0.4 is 4.74 Å². The van der Waals surface area contributed by atoms with Crippen LogP contribution in [0, 0.1) is 6.92 Å². The van der Waals surface area contributed by atoms with Crippen LogP contribution in [0.1, 0.15) is 49.7 Å². The molecule has 0 saturated heterocycles. The molecule has 3 nitrogen and oxygen atoms in total. The zero-order valence-electron chi connectivity index (χ0n) is 13.6. The summed E-state index contributed by atoms with van der Waals surface area (Å²) in [7, 11) is 0. The minimum Gasteiger partial charge on any atom is -0.483 e. The summed E-state index contributed by atoms with van der Waals surface area (Å²) < 4.78 is 6.21. The molecule has 0 aliphatic rings. The fraction of sp³-hybridized carbons (Fsp3) is 0.316. The molecule has 3 aromatic rings. The van der Waals surface area contributed by atoms with Crippen molar-refractivity contribution in [1.29, 1.82) is 0 Å². The molecule has 22 heavy (non-hydrogen) atoms.